The summed E-state index contributed by atoms with van der Waals surface area (Å²) in [6.45, 7) is 3.31. The number of carbonyl (C=O) groups excluding carboxylic acids is 1. The summed E-state index contributed by atoms with van der Waals surface area (Å²) >= 11 is 0. The highest BCUT2D eigenvalue weighted by Gasteiger charge is 2.34. The Balaban J connectivity index is 2.18. The Kier molecular flexibility index (Phi) is 5.53. The van der Waals surface area contributed by atoms with Crippen LogP contribution in [-0.2, 0) is 6.42 Å². The number of rotatable bonds is 7. The summed E-state index contributed by atoms with van der Waals surface area (Å²) < 4.78 is 5.14. The molecule has 2 rings (SSSR count). The summed E-state index contributed by atoms with van der Waals surface area (Å²) in [4.78, 5) is 12.7. The van der Waals surface area contributed by atoms with E-state index in [9.17, 15) is 15.0 Å². The molecule has 0 aromatic heterocycles. The molecule has 0 saturated carbocycles. The van der Waals surface area contributed by atoms with Gasteiger partial charge in [0, 0.05) is 12.0 Å². The number of carbonyl (C=O) groups is 1. The number of aliphatic hydroxyl groups is 2. The smallest absolute Gasteiger partial charge is 0.194 e. The van der Waals surface area contributed by atoms with E-state index in [2.05, 4.69) is 0 Å². The van der Waals surface area contributed by atoms with Crippen LogP contribution in [0.5, 0.6) is 5.75 Å². The molecule has 0 heterocycles. The van der Waals surface area contributed by atoms with Gasteiger partial charge >= 0.3 is 0 Å². The standard InChI is InChI=1S/C19H22O4/c1-3-19(22,13-15-7-5-4-6-8-15)18(21)16-9-11-17(12-10-16)23-14(2)20/h4-12,14,20,22H,3,13H2,1-2H3. The molecule has 0 aliphatic rings. The van der Waals surface area contributed by atoms with Gasteiger partial charge in [-0.15, -0.1) is 0 Å². The van der Waals surface area contributed by atoms with Crippen molar-refractivity contribution < 1.29 is 19.7 Å². The zero-order valence-corrected chi connectivity index (χ0v) is 13.4. The second-order valence-electron chi connectivity index (χ2n) is 5.62. The zero-order valence-electron chi connectivity index (χ0n) is 13.4. The van der Waals surface area contributed by atoms with E-state index in [1.54, 1.807) is 31.2 Å². The summed E-state index contributed by atoms with van der Waals surface area (Å²) in [6, 6.07) is 15.9. The molecule has 0 radical (unpaired) electrons. The van der Waals surface area contributed by atoms with E-state index >= 15 is 0 Å². The Bertz CT molecular complexity index is 634. The lowest BCUT2D eigenvalue weighted by Crippen LogP contribution is -2.40. The number of benzene rings is 2. The normalized spacial score (nSPS) is 14.8. The van der Waals surface area contributed by atoms with Crippen molar-refractivity contribution in [1.82, 2.24) is 0 Å². The molecule has 122 valence electrons. The Morgan fingerprint density at radius 2 is 1.74 bits per heavy atom. The minimum absolute atomic E-state index is 0.273. The fourth-order valence-corrected chi connectivity index (χ4v) is 2.45. The molecule has 0 spiro atoms. The minimum Gasteiger partial charge on any atom is -0.465 e. The molecule has 0 fully saturated rings. The second-order valence-corrected chi connectivity index (χ2v) is 5.62. The van der Waals surface area contributed by atoms with Crippen LogP contribution in [0.15, 0.2) is 54.6 Å². The van der Waals surface area contributed by atoms with E-state index in [-0.39, 0.29) is 12.2 Å². The zero-order chi connectivity index (χ0) is 16.9. The maximum absolute atomic E-state index is 12.7. The maximum Gasteiger partial charge on any atom is 0.194 e. The van der Waals surface area contributed by atoms with Crippen LogP contribution >= 0.6 is 0 Å². The van der Waals surface area contributed by atoms with Crippen molar-refractivity contribution in [2.24, 2.45) is 0 Å². The third-order valence-electron chi connectivity index (χ3n) is 3.77. The van der Waals surface area contributed by atoms with Gasteiger partial charge in [-0.05, 0) is 43.2 Å². The first-order valence-electron chi connectivity index (χ1n) is 7.70. The van der Waals surface area contributed by atoms with Gasteiger partial charge in [0.05, 0.1) is 0 Å². The minimum atomic E-state index is -1.44. The van der Waals surface area contributed by atoms with Gasteiger partial charge in [0.25, 0.3) is 0 Å². The van der Waals surface area contributed by atoms with Crippen LogP contribution in [0.1, 0.15) is 36.2 Å². The van der Waals surface area contributed by atoms with Crippen molar-refractivity contribution in [3.8, 4) is 5.75 Å². The number of ketones is 1. The maximum atomic E-state index is 12.7. The summed E-state index contributed by atoms with van der Waals surface area (Å²) in [6.07, 6.45) is -0.316. The third kappa shape index (κ3) is 4.41. The highest BCUT2D eigenvalue weighted by molar-refractivity contribution is 6.02. The molecule has 4 nitrogen and oxygen atoms in total. The number of hydrogen-bond acceptors (Lipinski definition) is 4. The molecule has 0 aliphatic carbocycles. The molecule has 4 heteroatoms. The Labute approximate surface area is 136 Å². The average molecular weight is 314 g/mol. The second kappa shape index (κ2) is 7.40. The van der Waals surface area contributed by atoms with Crippen molar-refractivity contribution in [2.45, 2.75) is 38.6 Å². The highest BCUT2D eigenvalue weighted by Crippen LogP contribution is 2.24. The molecule has 0 saturated heterocycles. The van der Waals surface area contributed by atoms with Crippen molar-refractivity contribution in [3.05, 3.63) is 65.7 Å². The molecule has 0 bridgehead atoms. The number of hydrogen-bond donors (Lipinski definition) is 2. The summed E-state index contributed by atoms with van der Waals surface area (Å²) in [5.41, 5.74) is -0.101. The number of ether oxygens (including phenoxy) is 1. The molecule has 2 aromatic rings. The Hall–Kier alpha value is -2.17. The van der Waals surface area contributed by atoms with Crippen LogP contribution < -0.4 is 4.74 Å². The van der Waals surface area contributed by atoms with Crippen molar-refractivity contribution >= 4 is 5.78 Å². The molecule has 2 unspecified atom stereocenters. The Morgan fingerprint density at radius 3 is 2.26 bits per heavy atom. The first-order valence-corrected chi connectivity index (χ1v) is 7.70. The van der Waals surface area contributed by atoms with Gasteiger partial charge in [0.1, 0.15) is 11.4 Å². The van der Waals surface area contributed by atoms with E-state index < -0.39 is 11.9 Å². The number of Topliss-reactive ketones (excluding diaryl/α,β-unsaturated/α-hetero) is 1. The van der Waals surface area contributed by atoms with E-state index in [0.717, 1.165) is 5.56 Å². The molecule has 2 atom stereocenters. The van der Waals surface area contributed by atoms with Crippen LogP contribution in [0.3, 0.4) is 0 Å². The van der Waals surface area contributed by atoms with Gasteiger partial charge < -0.3 is 14.9 Å². The largest absolute Gasteiger partial charge is 0.465 e. The molecular formula is C19H22O4. The number of aliphatic hydroxyl groups excluding tert-OH is 1. The lowest BCUT2D eigenvalue weighted by atomic mass is 9.84. The van der Waals surface area contributed by atoms with Gasteiger partial charge in [-0.2, -0.15) is 0 Å². The van der Waals surface area contributed by atoms with Crippen LogP contribution in [0.2, 0.25) is 0 Å². The van der Waals surface area contributed by atoms with Gasteiger partial charge in [-0.1, -0.05) is 37.3 Å². The van der Waals surface area contributed by atoms with Crippen LogP contribution in [0.4, 0.5) is 0 Å². The van der Waals surface area contributed by atoms with E-state index in [1.165, 1.54) is 6.92 Å². The third-order valence-corrected chi connectivity index (χ3v) is 3.77. The first kappa shape index (κ1) is 17.2. The topological polar surface area (TPSA) is 66.8 Å². The summed E-state index contributed by atoms with van der Waals surface area (Å²) in [5, 5.41) is 20.0. The van der Waals surface area contributed by atoms with Gasteiger partial charge in [0.2, 0.25) is 0 Å². The van der Waals surface area contributed by atoms with Crippen LogP contribution in [0.25, 0.3) is 0 Å². The van der Waals surface area contributed by atoms with E-state index in [4.69, 9.17) is 4.74 Å². The quantitative estimate of drug-likeness (QED) is 0.609. The van der Waals surface area contributed by atoms with Crippen molar-refractivity contribution in [1.29, 1.82) is 0 Å². The average Bonchev–Trinajstić information content (AvgIpc) is 2.55. The molecule has 2 aromatic carbocycles. The summed E-state index contributed by atoms with van der Waals surface area (Å²) in [7, 11) is 0. The van der Waals surface area contributed by atoms with E-state index in [1.807, 2.05) is 30.3 Å². The molecule has 2 N–H and O–H groups in total. The molecular weight excluding hydrogens is 292 g/mol. The van der Waals surface area contributed by atoms with Crippen LogP contribution in [-0.4, -0.2) is 27.9 Å². The lowest BCUT2D eigenvalue weighted by molar-refractivity contribution is -0.000319. The van der Waals surface area contributed by atoms with Crippen molar-refractivity contribution in [2.75, 3.05) is 0 Å². The Morgan fingerprint density at radius 1 is 1.13 bits per heavy atom. The fraction of sp³-hybridized carbons (Fsp3) is 0.316. The van der Waals surface area contributed by atoms with Gasteiger partial charge in [0.15, 0.2) is 12.1 Å². The fourth-order valence-electron chi connectivity index (χ4n) is 2.45. The van der Waals surface area contributed by atoms with Gasteiger partial charge in [-0.3, -0.25) is 4.79 Å². The highest BCUT2D eigenvalue weighted by atomic mass is 16.6. The van der Waals surface area contributed by atoms with Crippen molar-refractivity contribution in [3.63, 3.8) is 0 Å². The van der Waals surface area contributed by atoms with E-state index in [0.29, 0.717) is 17.7 Å². The predicted octanol–water partition coefficient (Wildman–Crippen LogP) is 2.97. The van der Waals surface area contributed by atoms with Gasteiger partial charge in [-0.25, -0.2) is 0 Å². The molecule has 23 heavy (non-hydrogen) atoms. The predicted molar refractivity (Wildman–Crippen MR) is 88.5 cm³/mol. The molecule has 0 amide bonds. The monoisotopic (exact) mass is 314 g/mol. The van der Waals surface area contributed by atoms with Crippen LogP contribution in [0, 0.1) is 0 Å². The first-order chi connectivity index (χ1) is 10.9. The lowest BCUT2D eigenvalue weighted by Gasteiger charge is -2.25. The SMILES string of the molecule is CCC(O)(Cc1ccccc1)C(=O)c1ccc(OC(C)O)cc1. The molecule has 0 aliphatic heterocycles. The summed E-state index contributed by atoms with van der Waals surface area (Å²) in [5.74, 6) is 0.159.